The van der Waals surface area contributed by atoms with E-state index in [1.54, 1.807) is 0 Å². The molecule has 2 aliphatic rings. The van der Waals surface area contributed by atoms with Crippen LogP contribution < -0.4 is 5.32 Å². The highest BCUT2D eigenvalue weighted by molar-refractivity contribution is 5.31. The van der Waals surface area contributed by atoms with Gasteiger partial charge in [-0.3, -0.25) is 0 Å². The second kappa shape index (κ2) is 2.04. The van der Waals surface area contributed by atoms with E-state index < -0.39 is 0 Å². The van der Waals surface area contributed by atoms with Crippen molar-refractivity contribution in [3.05, 3.63) is 23.1 Å². The first-order valence-corrected chi connectivity index (χ1v) is 3.63. The highest BCUT2D eigenvalue weighted by atomic mass is 16.5. The van der Waals surface area contributed by atoms with Crippen molar-refractivity contribution in [3.63, 3.8) is 0 Å². The van der Waals surface area contributed by atoms with Crippen LogP contribution in [0.1, 0.15) is 13.3 Å². The zero-order valence-electron chi connectivity index (χ0n) is 6.11. The molecule has 0 amide bonds. The van der Waals surface area contributed by atoms with Crippen molar-refractivity contribution in [3.8, 4) is 0 Å². The molecule has 0 aromatic rings. The van der Waals surface area contributed by atoms with Crippen LogP contribution in [0.3, 0.4) is 0 Å². The van der Waals surface area contributed by atoms with E-state index in [2.05, 4.69) is 18.3 Å². The van der Waals surface area contributed by atoms with Crippen molar-refractivity contribution in [2.45, 2.75) is 13.3 Å². The summed E-state index contributed by atoms with van der Waals surface area (Å²) in [4.78, 5) is 0. The van der Waals surface area contributed by atoms with E-state index in [9.17, 15) is 0 Å². The fourth-order valence-electron chi connectivity index (χ4n) is 1.34. The molecule has 10 heavy (non-hydrogen) atoms. The van der Waals surface area contributed by atoms with Gasteiger partial charge < -0.3 is 10.1 Å². The third-order valence-electron chi connectivity index (χ3n) is 1.86. The Morgan fingerprint density at radius 3 is 3.40 bits per heavy atom. The molecule has 54 valence electrons. The molecule has 0 aliphatic carbocycles. The Balaban J connectivity index is 2.29. The summed E-state index contributed by atoms with van der Waals surface area (Å²) in [6.45, 7) is 3.93. The number of allylic oxidation sites excluding steroid dienone is 1. The second-order valence-corrected chi connectivity index (χ2v) is 2.80. The molecule has 2 heterocycles. The molecule has 0 saturated heterocycles. The maximum atomic E-state index is 5.33. The van der Waals surface area contributed by atoms with Crippen LogP contribution in [0.5, 0.6) is 0 Å². The third kappa shape index (κ3) is 0.801. The SMILES string of the molecule is CC1=CC2=C(NC1)OCC2. The minimum Gasteiger partial charge on any atom is -0.479 e. The Morgan fingerprint density at radius 2 is 2.50 bits per heavy atom. The minimum atomic E-state index is 0.849. The lowest BCUT2D eigenvalue weighted by molar-refractivity contribution is 0.223. The van der Waals surface area contributed by atoms with E-state index in [4.69, 9.17) is 4.74 Å². The predicted octanol–water partition coefficient (Wildman–Crippen LogP) is 1.17. The van der Waals surface area contributed by atoms with Gasteiger partial charge in [0.15, 0.2) is 5.88 Å². The maximum absolute atomic E-state index is 5.33. The van der Waals surface area contributed by atoms with Crippen molar-refractivity contribution in [2.75, 3.05) is 13.2 Å². The van der Waals surface area contributed by atoms with Crippen LogP contribution >= 0.6 is 0 Å². The van der Waals surface area contributed by atoms with Crippen LogP contribution in [-0.2, 0) is 4.74 Å². The maximum Gasteiger partial charge on any atom is 0.190 e. The van der Waals surface area contributed by atoms with Crippen molar-refractivity contribution in [1.82, 2.24) is 5.32 Å². The predicted molar refractivity (Wildman–Crippen MR) is 39.4 cm³/mol. The zero-order chi connectivity index (χ0) is 6.97. The largest absolute Gasteiger partial charge is 0.479 e. The summed E-state index contributed by atoms with van der Waals surface area (Å²) in [6, 6.07) is 0. The molecular weight excluding hydrogens is 126 g/mol. The van der Waals surface area contributed by atoms with Gasteiger partial charge in [-0.15, -0.1) is 0 Å². The molecule has 0 unspecified atom stereocenters. The zero-order valence-corrected chi connectivity index (χ0v) is 6.11. The Labute approximate surface area is 60.6 Å². The quantitative estimate of drug-likeness (QED) is 0.541. The summed E-state index contributed by atoms with van der Waals surface area (Å²) in [7, 11) is 0. The van der Waals surface area contributed by atoms with Crippen molar-refractivity contribution >= 4 is 0 Å². The third-order valence-corrected chi connectivity index (χ3v) is 1.86. The van der Waals surface area contributed by atoms with Crippen LogP contribution in [0.4, 0.5) is 0 Å². The smallest absolute Gasteiger partial charge is 0.190 e. The van der Waals surface area contributed by atoms with Gasteiger partial charge in [0.05, 0.1) is 6.61 Å². The summed E-state index contributed by atoms with van der Waals surface area (Å²) >= 11 is 0. The van der Waals surface area contributed by atoms with E-state index in [0.717, 1.165) is 25.5 Å². The topological polar surface area (TPSA) is 21.3 Å². The molecule has 2 rings (SSSR count). The van der Waals surface area contributed by atoms with E-state index >= 15 is 0 Å². The average Bonchev–Trinajstić information content (AvgIpc) is 2.33. The summed E-state index contributed by atoms with van der Waals surface area (Å²) in [5, 5.41) is 3.22. The summed E-state index contributed by atoms with van der Waals surface area (Å²) in [6.07, 6.45) is 3.29. The molecule has 0 atom stereocenters. The van der Waals surface area contributed by atoms with Crippen LogP contribution in [0.2, 0.25) is 0 Å². The summed E-state index contributed by atoms with van der Waals surface area (Å²) in [5.41, 5.74) is 2.73. The lowest BCUT2D eigenvalue weighted by Gasteiger charge is -2.13. The lowest BCUT2D eigenvalue weighted by atomic mass is 10.1. The highest BCUT2D eigenvalue weighted by Gasteiger charge is 2.16. The van der Waals surface area contributed by atoms with Gasteiger partial charge >= 0.3 is 0 Å². The molecule has 0 spiro atoms. The molecule has 2 nitrogen and oxygen atoms in total. The summed E-state index contributed by atoms with van der Waals surface area (Å²) in [5.74, 6) is 1.01. The molecule has 0 bridgehead atoms. The number of nitrogens with one attached hydrogen (secondary N) is 1. The van der Waals surface area contributed by atoms with Crippen molar-refractivity contribution in [2.24, 2.45) is 0 Å². The van der Waals surface area contributed by atoms with E-state index in [-0.39, 0.29) is 0 Å². The van der Waals surface area contributed by atoms with Crippen LogP contribution in [-0.4, -0.2) is 13.2 Å². The van der Waals surface area contributed by atoms with Crippen LogP contribution in [0, 0.1) is 0 Å². The summed E-state index contributed by atoms with van der Waals surface area (Å²) < 4.78 is 5.33. The molecule has 2 heteroatoms. The Morgan fingerprint density at radius 1 is 1.60 bits per heavy atom. The molecule has 0 fully saturated rings. The molecule has 0 aromatic carbocycles. The first-order valence-electron chi connectivity index (χ1n) is 3.63. The van der Waals surface area contributed by atoms with Crippen molar-refractivity contribution in [1.29, 1.82) is 0 Å². The fraction of sp³-hybridized carbons (Fsp3) is 0.500. The Hall–Kier alpha value is -0.920. The lowest BCUT2D eigenvalue weighted by Crippen LogP contribution is -2.19. The number of rotatable bonds is 0. The number of hydrogen-bond acceptors (Lipinski definition) is 2. The molecule has 0 radical (unpaired) electrons. The van der Waals surface area contributed by atoms with Gasteiger partial charge in [0, 0.05) is 18.5 Å². The first-order chi connectivity index (χ1) is 4.86. The van der Waals surface area contributed by atoms with E-state index in [0.29, 0.717) is 0 Å². The molecule has 0 aromatic heterocycles. The Bertz CT molecular complexity index is 215. The second-order valence-electron chi connectivity index (χ2n) is 2.80. The minimum absolute atomic E-state index is 0.849. The van der Waals surface area contributed by atoms with Gasteiger partial charge in [-0.1, -0.05) is 11.6 Å². The highest BCUT2D eigenvalue weighted by Crippen LogP contribution is 2.22. The molecular formula is C8H11NO. The van der Waals surface area contributed by atoms with Gasteiger partial charge in [0.1, 0.15) is 0 Å². The number of ether oxygens (including phenoxy) is 1. The van der Waals surface area contributed by atoms with Gasteiger partial charge in [-0.2, -0.15) is 0 Å². The van der Waals surface area contributed by atoms with Gasteiger partial charge in [0.2, 0.25) is 0 Å². The molecule has 0 saturated carbocycles. The van der Waals surface area contributed by atoms with E-state index in [1.807, 2.05) is 0 Å². The van der Waals surface area contributed by atoms with Gasteiger partial charge in [-0.05, 0) is 6.92 Å². The normalized spacial score (nSPS) is 23.1. The monoisotopic (exact) mass is 137 g/mol. The Kier molecular flexibility index (Phi) is 1.19. The number of hydrogen-bond donors (Lipinski definition) is 1. The molecule has 1 N–H and O–H groups in total. The standard InChI is InChI=1S/C8H11NO/c1-6-4-7-2-3-10-8(7)9-5-6/h4,9H,2-3,5H2,1H3. The van der Waals surface area contributed by atoms with Crippen LogP contribution in [0.15, 0.2) is 23.1 Å². The van der Waals surface area contributed by atoms with Crippen molar-refractivity contribution < 1.29 is 4.74 Å². The fourth-order valence-corrected chi connectivity index (χ4v) is 1.34. The first kappa shape index (κ1) is 5.83. The number of dihydropyridines is 1. The van der Waals surface area contributed by atoms with Gasteiger partial charge in [-0.25, -0.2) is 0 Å². The molecule has 2 aliphatic heterocycles. The average molecular weight is 137 g/mol. The van der Waals surface area contributed by atoms with Gasteiger partial charge in [0.25, 0.3) is 0 Å². The van der Waals surface area contributed by atoms with Crippen LogP contribution in [0.25, 0.3) is 0 Å². The van der Waals surface area contributed by atoms with E-state index in [1.165, 1.54) is 11.1 Å².